The molecular weight excluding hydrogens is 356 g/mol. The Hall–Kier alpha value is -1.95. The summed E-state index contributed by atoms with van der Waals surface area (Å²) in [7, 11) is 0. The number of carboxylic acids is 1. The average Bonchev–Trinajstić information content (AvgIpc) is 2.99. The molecule has 0 aliphatic heterocycles. The number of thiophene rings is 1. The van der Waals surface area contributed by atoms with E-state index in [0.717, 1.165) is 59.2 Å². The van der Waals surface area contributed by atoms with Gasteiger partial charge in [-0.1, -0.05) is 51.0 Å². The van der Waals surface area contributed by atoms with Crippen LogP contribution < -0.4 is 11.3 Å². The van der Waals surface area contributed by atoms with E-state index in [4.69, 9.17) is 5.84 Å². The fourth-order valence-corrected chi connectivity index (χ4v) is 4.81. The Morgan fingerprint density at radius 2 is 2.04 bits per heavy atom. The number of benzene rings is 1. The van der Waals surface area contributed by atoms with E-state index in [-0.39, 0.29) is 0 Å². The van der Waals surface area contributed by atoms with Crippen LogP contribution in [0.5, 0.6) is 0 Å². The van der Waals surface area contributed by atoms with Gasteiger partial charge in [-0.05, 0) is 54.5 Å². The van der Waals surface area contributed by atoms with Gasteiger partial charge in [-0.2, -0.15) is 0 Å². The Bertz CT molecular complexity index is 809. The highest BCUT2D eigenvalue weighted by atomic mass is 32.1. The first-order valence-electron chi connectivity index (χ1n) is 9.64. The fourth-order valence-electron chi connectivity index (χ4n) is 3.37. The molecule has 1 heterocycles. The Morgan fingerprint density at radius 3 is 2.63 bits per heavy atom. The number of hydrazine groups is 1. The maximum Gasteiger partial charge on any atom is 0.337 e. The van der Waals surface area contributed by atoms with E-state index < -0.39 is 5.97 Å². The molecule has 0 saturated heterocycles. The average molecular weight is 387 g/mol. The summed E-state index contributed by atoms with van der Waals surface area (Å²) in [4.78, 5) is 14.2. The van der Waals surface area contributed by atoms with Gasteiger partial charge in [0.25, 0.3) is 0 Å². The van der Waals surface area contributed by atoms with Crippen molar-refractivity contribution in [2.24, 2.45) is 5.84 Å². The Balaban J connectivity index is 2.67. The fraction of sp³-hybridized carbons (Fsp3) is 0.409. The lowest BCUT2D eigenvalue weighted by atomic mass is 9.96. The van der Waals surface area contributed by atoms with Crippen LogP contribution in [0.2, 0.25) is 0 Å². The number of carboxylic acid groups (broad SMARTS) is 1. The zero-order chi connectivity index (χ0) is 19.8. The smallest absolute Gasteiger partial charge is 0.337 e. The number of nitrogens with one attached hydrogen (secondary N) is 1. The van der Waals surface area contributed by atoms with Gasteiger partial charge in [0.2, 0.25) is 0 Å². The second kappa shape index (κ2) is 10.4. The Kier molecular flexibility index (Phi) is 8.23. The molecule has 0 fully saturated rings. The molecule has 4 nitrogen and oxygen atoms in total. The molecule has 0 aliphatic rings. The summed E-state index contributed by atoms with van der Waals surface area (Å²) in [6, 6.07) is 6.14. The zero-order valence-electron chi connectivity index (χ0n) is 16.5. The molecule has 0 unspecified atom stereocenters. The van der Waals surface area contributed by atoms with Crippen LogP contribution in [0.3, 0.4) is 0 Å². The quantitative estimate of drug-likeness (QED) is 0.377. The van der Waals surface area contributed by atoms with Gasteiger partial charge in [-0.25, -0.2) is 4.79 Å². The number of unbranched alkanes of at least 4 members (excludes halogenated alkanes) is 1. The van der Waals surface area contributed by atoms with Crippen LogP contribution in [0.25, 0.3) is 16.5 Å². The summed E-state index contributed by atoms with van der Waals surface area (Å²) in [5.41, 5.74) is 7.28. The normalized spacial score (nSPS) is 11.4. The third-order valence-corrected chi connectivity index (χ3v) is 5.91. The van der Waals surface area contributed by atoms with Crippen molar-refractivity contribution < 1.29 is 9.90 Å². The van der Waals surface area contributed by atoms with Crippen molar-refractivity contribution in [2.45, 2.75) is 59.4 Å². The monoisotopic (exact) mass is 386 g/mol. The van der Waals surface area contributed by atoms with Crippen LogP contribution in [0.15, 0.2) is 24.3 Å². The highest BCUT2D eigenvalue weighted by molar-refractivity contribution is 7.16. The molecule has 2 aromatic rings. The van der Waals surface area contributed by atoms with E-state index in [1.165, 1.54) is 4.88 Å². The maximum atomic E-state index is 12.2. The number of hydrogen-bond acceptors (Lipinski definition) is 4. The van der Waals surface area contributed by atoms with E-state index in [2.05, 4.69) is 25.3 Å². The van der Waals surface area contributed by atoms with Gasteiger partial charge in [0.05, 0.1) is 5.56 Å². The number of hydrogen-bond donors (Lipinski definition) is 3. The van der Waals surface area contributed by atoms with Gasteiger partial charge in [0.15, 0.2) is 0 Å². The molecule has 146 valence electrons. The lowest BCUT2D eigenvalue weighted by Gasteiger charge is -2.11. The summed E-state index contributed by atoms with van der Waals surface area (Å²) in [6.45, 7) is 6.73. The first kappa shape index (κ1) is 21.4. The number of rotatable bonds is 10. The van der Waals surface area contributed by atoms with Crippen LogP contribution in [-0.4, -0.2) is 11.1 Å². The number of allylic oxidation sites excluding steroid dienone is 1. The summed E-state index contributed by atoms with van der Waals surface area (Å²) in [5, 5.41) is 9.99. The van der Waals surface area contributed by atoms with Crippen LogP contribution in [0, 0.1) is 0 Å². The molecule has 5 heteroatoms. The lowest BCUT2D eigenvalue weighted by molar-refractivity contribution is 0.0697. The van der Waals surface area contributed by atoms with Gasteiger partial charge in [-0.3, -0.25) is 11.3 Å². The first-order chi connectivity index (χ1) is 13.1. The zero-order valence-corrected chi connectivity index (χ0v) is 17.3. The highest BCUT2D eigenvalue weighted by Gasteiger charge is 2.24. The van der Waals surface area contributed by atoms with Crippen LogP contribution in [-0.2, 0) is 19.4 Å². The largest absolute Gasteiger partial charge is 0.478 e. The lowest BCUT2D eigenvalue weighted by Crippen LogP contribution is -2.21. The minimum absolute atomic E-state index is 0.477. The van der Waals surface area contributed by atoms with Crippen molar-refractivity contribution in [3.05, 3.63) is 51.4 Å². The molecule has 4 N–H and O–H groups in total. The molecule has 1 aromatic carbocycles. The molecule has 27 heavy (non-hydrogen) atoms. The van der Waals surface area contributed by atoms with E-state index in [1.54, 1.807) is 11.3 Å². The van der Waals surface area contributed by atoms with E-state index in [1.807, 2.05) is 31.2 Å². The van der Waals surface area contributed by atoms with Crippen molar-refractivity contribution >= 4 is 23.4 Å². The van der Waals surface area contributed by atoms with Crippen molar-refractivity contribution in [3.63, 3.8) is 0 Å². The summed E-state index contributed by atoms with van der Waals surface area (Å²) >= 11 is 1.64. The van der Waals surface area contributed by atoms with Gasteiger partial charge < -0.3 is 5.11 Å². The van der Waals surface area contributed by atoms with Gasteiger partial charge in [0.1, 0.15) is 0 Å². The number of carbonyl (C=O) groups is 1. The maximum absolute atomic E-state index is 12.2. The Labute approximate surface area is 166 Å². The third-order valence-electron chi connectivity index (χ3n) is 4.59. The predicted molar refractivity (Wildman–Crippen MR) is 115 cm³/mol. The SMILES string of the molecule is C/C=C/c1ccc(-c2sc(CCCC)c(CCC)c2C(=O)O)c(CNN)c1. The van der Waals surface area contributed by atoms with Crippen LogP contribution in [0.4, 0.5) is 0 Å². The molecule has 0 saturated carbocycles. The molecule has 2 rings (SSSR count). The topological polar surface area (TPSA) is 75.3 Å². The molecule has 0 spiro atoms. The van der Waals surface area contributed by atoms with Crippen molar-refractivity contribution in [1.82, 2.24) is 5.43 Å². The summed E-state index contributed by atoms with van der Waals surface area (Å²) in [6.07, 6.45) is 8.88. The molecule has 0 atom stereocenters. The summed E-state index contributed by atoms with van der Waals surface area (Å²) in [5.74, 6) is 4.76. The first-order valence-corrected chi connectivity index (χ1v) is 10.5. The van der Waals surface area contributed by atoms with Gasteiger partial charge in [0, 0.05) is 16.3 Å². The molecule has 0 aliphatic carbocycles. The van der Waals surface area contributed by atoms with Crippen LogP contribution in [0.1, 0.15) is 72.0 Å². The van der Waals surface area contributed by atoms with E-state index in [9.17, 15) is 9.90 Å². The minimum Gasteiger partial charge on any atom is -0.478 e. The number of aromatic carboxylic acids is 1. The molecule has 0 bridgehead atoms. The molecule has 0 radical (unpaired) electrons. The van der Waals surface area contributed by atoms with E-state index >= 15 is 0 Å². The van der Waals surface area contributed by atoms with Crippen molar-refractivity contribution in [3.8, 4) is 10.4 Å². The second-order valence-corrected chi connectivity index (χ2v) is 7.77. The van der Waals surface area contributed by atoms with Crippen LogP contribution >= 0.6 is 11.3 Å². The minimum atomic E-state index is -0.836. The van der Waals surface area contributed by atoms with Gasteiger partial charge >= 0.3 is 5.97 Å². The van der Waals surface area contributed by atoms with E-state index in [0.29, 0.717) is 12.1 Å². The number of aryl methyl sites for hydroxylation is 1. The predicted octanol–water partition coefficient (Wildman–Crippen LogP) is 5.40. The van der Waals surface area contributed by atoms with Crippen molar-refractivity contribution in [2.75, 3.05) is 0 Å². The summed E-state index contributed by atoms with van der Waals surface area (Å²) < 4.78 is 0. The van der Waals surface area contributed by atoms with Gasteiger partial charge in [-0.15, -0.1) is 11.3 Å². The second-order valence-electron chi connectivity index (χ2n) is 6.66. The molecule has 0 amide bonds. The molecule has 1 aromatic heterocycles. The van der Waals surface area contributed by atoms with Crippen molar-refractivity contribution in [1.29, 1.82) is 0 Å². The Morgan fingerprint density at radius 1 is 1.26 bits per heavy atom. The molecular formula is C22H30N2O2S. The highest BCUT2D eigenvalue weighted by Crippen LogP contribution is 2.40. The third kappa shape index (κ3) is 5.06. The standard InChI is InChI=1S/C22H30N2O2S/c1-4-7-10-19-18(9-6-3)20(22(25)26)21(27-19)17-12-11-15(8-5-2)13-16(17)14-24-23/h5,8,11-13,24H,4,6-7,9-10,14,23H2,1-3H3,(H,25,26)/b8-5+. The number of nitrogens with two attached hydrogens (primary N) is 1.